The van der Waals surface area contributed by atoms with Gasteiger partial charge in [0.05, 0.1) is 6.26 Å². The zero-order chi connectivity index (χ0) is 24.1. The lowest BCUT2D eigenvalue weighted by Crippen LogP contribution is -2.47. The molecule has 3 aromatic rings. The molecule has 2 aromatic carbocycles. The first-order valence-electron chi connectivity index (χ1n) is 11.1. The van der Waals surface area contributed by atoms with Gasteiger partial charge in [-0.15, -0.1) is 0 Å². The summed E-state index contributed by atoms with van der Waals surface area (Å²) in [5, 5.41) is 3.54. The molecule has 0 unspecified atom stereocenters. The third kappa shape index (κ3) is 5.66. The van der Waals surface area contributed by atoms with Crippen molar-refractivity contribution in [3.63, 3.8) is 0 Å². The molecule has 1 aliphatic heterocycles. The number of carbonyl (C=O) groups is 3. The first-order valence-corrected chi connectivity index (χ1v) is 11.4. The summed E-state index contributed by atoms with van der Waals surface area (Å²) in [7, 11) is 0. The molecule has 7 nitrogen and oxygen atoms in total. The van der Waals surface area contributed by atoms with Crippen LogP contribution in [0.25, 0.3) is 0 Å². The van der Waals surface area contributed by atoms with Gasteiger partial charge in [0.15, 0.2) is 18.2 Å². The number of nitrogens with one attached hydrogen (secondary N) is 1. The van der Waals surface area contributed by atoms with Crippen LogP contribution < -0.4 is 10.1 Å². The highest BCUT2D eigenvalue weighted by Gasteiger charge is 2.25. The van der Waals surface area contributed by atoms with E-state index in [4.69, 9.17) is 20.8 Å². The summed E-state index contributed by atoms with van der Waals surface area (Å²) < 4.78 is 10.9. The molecule has 0 saturated carbocycles. The number of ether oxygens (including phenoxy) is 1. The van der Waals surface area contributed by atoms with Crippen LogP contribution in [0.3, 0.4) is 0 Å². The number of carbonyl (C=O) groups excluding carboxylic acids is 3. The van der Waals surface area contributed by atoms with Crippen molar-refractivity contribution in [1.82, 2.24) is 10.2 Å². The van der Waals surface area contributed by atoms with Gasteiger partial charge >= 0.3 is 0 Å². The SMILES string of the molecule is Cc1ccoc1C(=O)NC1CCN(C(=O)COc2ccc(C(=O)c3ccc(Cl)cc3)cc2)CC1. The van der Waals surface area contributed by atoms with Gasteiger partial charge in [-0.1, -0.05) is 11.6 Å². The highest BCUT2D eigenvalue weighted by atomic mass is 35.5. The standard InChI is InChI=1S/C26H25ClN2O5/c1-17-12-15-33-25(17)26(32)28-21-10-13-29(14-11-21)23(30)16-34-22-8-4-19(5-9-22)24(31)18-2-6-20(27)7-3-18/h2-9,12,15,21H,10-11,13-14,16H2,1H3,(H,28,32). The number of ketones is 1. The molecular formula is C26H25ClN2O5. The van der Waals surface area contributed by atoms with E-state index in [-0.39, 0.29) is 30.2 Å². The predicted octanol–water partition coefficient (Wildman–Crippen LogP) is 4.27. The van der Waals surface area contributed by atoms with Gasteiger partial charge in [-0.25, -0.2) is 0 Å². The van der Waals surface area contributed by atoms with Gasteiger partial charge in [-0.2, -0.15) is 0 Å². The molecule has 2 heterocycles. The highest BCUT2D eigenvalue weighted by molar-refractivity contribution is 6.30. The summed E-state index contributed by atoms with van der Waals surface area (Å²) in [6, 6.07) is 15.2. The van der Waals surface area contributed by atoms with Gasteiger partial charge < -0.3 is 19.4 Å². The number of furan rings is 1. The molecule has 1 saturated heterocycles. The van der Waals surface area contributed by atoms with Crippen molar-refractivity contribution in [3.05, 3.63) is 88.3 Å². The van der Waals surface area contributed by atoms with Gasteiger partial charge in [-0.3, -0.25) is 14.4 Å². The number of amides is 2. The van der Waals surface area contributed by atoms with E-state index in [1.807, 2.05) is 6.92 Å². The van der Waals surface area contributed by atoms with Crippen LogP contribution in [0.15, 0.2) is 65.3 Å². The fraction of sp³-hybridized carbons (Fsp3) is 0.269. The third-order valence-corrected chi connectivity index (χ3v) is 6.09. The van der Waals surface area contributed by atoms with Crippen molar-refractivity contribution in [2.24, 2.45) is 0 Å². The topological polar surface area (TPSA) is 88.8 Å². The number of aryl methyl sites for hydroxylation is 1. The molecule has 4 rings (SSSR count). The lowest BCUT2D eigenvalue weighted by molar-refractivity contribution is -0.134. The number of piperidine rings is 1. The maximum atomic E-state index is 12.6. The maximum absolute atomic E-state index is 12.6. The third-order valence-electron chi connectivity index (χ3n) is 5.84. The van der Waals surface area contributed by atoms with Crippen molar-refractivity contribution >= 4 is 29.2 Å². The van der Waals surface area contributed by atoms with E-state index in [9.17, 15) is 14.4 Å². The Bertz CT molecular complexity index is 1160. The van der Waals surface area contributed by atoms with Gasteiger partial charge in [-0.05, 0) is 74.4 Å². The van der Waals surface area contributed by atoms with Crippen molar-refractivity contribution in [2.75, 3.05) is 19.7 Å². The Balaban J connectivity index is 1.22. The lowest BCUT2D eigenvalue weighted by atomic mass is 10.0. The van der Waals surface area contributed by atoms with Crippen LogP contribution in [0.4, 0.5) is 0 Å². The first kappa shape index (κ1) is 23.6. The van der Waals surface area contributed by atoms with Crippen molar-refractivity contribution in [1.29, 1.82) is 0 Å². The summed E-state index contributed by atoms with van der Waals surface area (Å²) in [6.45, 7) is 2.81. The number of rotatable bonds is 7. The molecule has 0 aliphatic carbocycles. The average molecular weight is 481 g/mol. The molecule has 1 N–H and O–H groups in total. The molecule has 1 fully saturated rings. The van der Waals surface area contributed by atoms with E-state index in [2.05, 4.69) is 5.32 Å². The fourth-order valence-electron chi connectivity index (χ4n) is 3.84. The van der Waals surface area contributed by atoms with Gasteiger partial charge in [0.25, 0.3) is 11.8 Å². The normalized spacial score (nSPS) is 14.0. The number of likely N-dealkylation sites (tertiary alicyclic amines) is 1. The van der Waals surface area contributed by atoms with Crippen LogP contribution in [0.5, 0.6) is 5.75 Å². The highest BCUT2D eigenvalue weighted by Crippen LogP contribution is 2.18. The van der Waals surface area contributed by atoms with Crippen LogP contribution >= 0.6 is 11.6 Å². The Morgan fingerprint density at radius 1 is 1.00 bits per heavy atom. The zero-order valence-corrected chi connectivity index (χ0v) is 19.5. The molecule has 34 heavy (non-hydrogen) atoms. The Morgan fingerprint density at radius 2 is 1.62 bits per heavy atom. The largest absolute Gasteiger partial charge is 0.484 e. The van der Waals surface area contributed by atoms with Crippen molar-refractivity contribution in [2.45, 2.75) is 25.8 Å². The second-order valence-electron chi connectivity index (χ2n) is 8.21. The summed E-state index contributed by atoms with van der Waals surface area (Å²) in [5.41, 5.74) is 1.87. The minimum Gasteiger partial charge on any atom is -0.484 e. The van der Waals surface area contributed by atoms with Gasteiger partial charge in [0, 0.05) is 40.8 Å². The van der Waals surface area contributed by atoms with Gasteiger partial charge in [0.2, 0.25) is 0 Å². The summed E-state index contributed by atoms with van der Waals surface area (Å²) in [4.78, 5) is 39.1. The lowest BCUT2D eigenvalue weighted by Gasteiger charge is -2.32. The number of hydrogen-bond acceptors (Lipinski definition) is 5. The molecular weight excluding hydrogens is 456 g/mol. The minimum absolute atomic E-state index is 0.00677. The molecule has 0 spiro atoms. The smallest absolute Gasteiger partial charge is 0.287 e. The average Bonchev–Trinajstić information content (AvgIpc) is 3.29. The quantitative estimate of drug-likeness (QED) is 0.510. The van der Waals surface area contributed by atoms with E-state index in [0.717, 1.165) is 5.56 Å². The molecule has 8 heteroatoms. The molecule has 0 atom stereocenters. The Kier molecular flexibility index (Phi) is 7.33. The van der Waals surface area contributed by atoms with Crippen molar-refractivity contribution in [3.8, 4) is 5.75 Å². The molecule has 1 aliphatic rings. The monoisotopic (exact) mass is 480 g/mol. The summed E-state index contributed by atoms with van der Waals surface area (Å²) in [5.74, 6) is 0.378. The number of nitrogens with zero attached hydrogens (tertiary/aromatic N) is 1. The number of halogens is 1. The number of hydrogen-bond donors (Lipinski definition) is 1. The Labute approximate surface area is 202 Å². The van der Waals surface area contributed by atoms with Crippen LogP contribution in [0, 0.1) is 6.92 Å². The van der Waals surface area contributed by atoms with Crippen molar-refractivity contribution < 1.29 is 23.5 Å². The molecule has 1 aromatic heterocycles. The number of benzene rings is 2. The second-order valence-corrected chi connectivity index (χ2v) is 8.65. The van der Waals surface area contributed by atoms with E-state index in [1.54, 1.807) is 59.5 Å². The molecule has 176 valence electrons. The Morgan fingerprint density at radius 3 is 2.21 bits per heavy atom. The van der Waals surface area contributed by atoms with Crippen LogP contribution in [-0.2, 0) is 4.79 Å². The fourth-order valence-corrected chi connectivity index (χ4v) is 3.96. The molecule has 0 radical (unpaired) electrons. The van der Waals surface area contributed by atoms with Gasteiger partial charge in [0.1, 0.15) is 5.75 Å². The summed E-state index contributed by atoms with van der Waals surface area (Å²) >= 11 is 5.87. The van der Waals surface area contributed by atoms with E-state index >= 15 is 0 Å². The molecule has 2 amide bonds. The van der Waals surface area contributed by atoms with Crippen LogP contribution in [-0.4, -0.2) is 48.2 Å². The van der Waals surface area contributed by atoms with E-state index in [0.29, 0.717) is 53.6 Å². The van der Waals surface area contributed by atoms with E-state index < -0.39 is 0 Å². The zero-order valence-electron chi connectivity index (χ0n) is 18.8. The minimum atomic E-state index is -0.228. The summed E-state index contributed by atoms with van der Waals surface area (Å²) in [6.07, 6.45) is 2.83. The first-order chi connectivity index (χ1) is 16.4. The Hall–Kier alpha value is -3.58. The predicted molar refractivity (Wildman–Crippen MR) is 127 cm³/mol. The van der Waals surface area contributed by atoms with Crippen LogP contribution in [0.1, 0.15) is 44.9 Å². The van der Waals surface area contributed by atoms with E-state index in [1.165, 1.54) is 6.26 Å². The second kappa shape index (κ2) is 10.6. The van der Waals surface area contributed by atoms with Crippen LogP contribution in [0.2, 0.25) is 5.02 Å². The molecule has 0 bridgehead atoms. The maximum Gasteiger partial charge on any atom is 0.287 e.